The highest BCUT2D eigenvalue weighted by atomic mass is 16.3. The minimum Gasteiger partial charge on any atom is -0.453 e. The zero-order chi connectivity index (χ0) is 13.1. The normalized spacial score (nSPS) is 12.4. The Kier molecular flexibility index (Phi) is 3.60. The van der Waals surface area contributed by atoms with E-state index >= 15 is 0 Å². The molecule has 2 rings (SSSR count). The van der Waals surface area contributed by atoms with Crippen LogP contribution in [0, 0.1) is 0 Å². The third-order valence-electron chi connectivity index (χ3n) is 2.71. The average molecular weight is 245 g/mol. The van der Waals surface area contributed by atoms with Gasteiger partial charge in [0.15, 0.2) is 11.5 Å². The van der Waals surface area contributed by atoms with Crippen molar-refractivity contribution in [2.45, 2.75) is 13.2 Å². The van der Waals surface area contributed by atoms with E-state index in [9.17, 15) is 9.90 Å². The summed E-state index contributed by atoms with van der Waals surface area (Å²) in [6.07, 6.45) is -0.716. The van der Waals surface area contributed by atoms with E-state index in [0.29, 0.717) is 11.5 Å². The van der Waals surface area contributed by atoms with Crippen LogP contribution in [0.15, 0.2) is 40.8 Å². The largest absolute Gasteiger partial charge is 0.453 e. The zero-order valence-electron chi connectivity index (χ0n) is 10.3. The maximum atomic E-state index is 11.2. The summed E-state index contributed by atoms with van der Waals surface area (Å²) in [5.74, 6) is 0.850. The maximum Gasteiger partial charge on any atom is 0.194 e. The fourth-order valence-corrected chi connectivity index (χ4v) is 1.71. The first kappa shape index (κ1) is 12.5. The fourth-order valence-electron chi connectivity index (χ4n) is 1.71. The number of Topliss-reactive ketones (excluding diaryl/α,β-unsaturated/α-hetero) is 1. The van der Waals surface area contributed by atoms with Gasteiger partial charge in [-0.05, 0) is 30.8 Å². The maximum absolute atomic E-state index is 11.2. The van der Waals surface area contributed by atoms with Gasteiger partial charge in [0.25, 0.3) is 0 Å². The van der Waals surface area contributed by atoms with Gasteiger partial charge in [0.1, 0.15) is 12.0 Å². The lowest BCUT2D eigenvalue weighted by Crippen LogP contribution is -2.14. The van der Waals surface area contributed by atoms with E-state index in [2.05, 4.69) is 5.32 Å². The molecule has 1 heterocycles. The Balaban J connectivity index is 2.35. The first-order chi connectivity index (χ1) is 8.61. The van der Waals surface area contributed by atoms with Crippen LogP contribution >= 0.6 is 0 Å². The van der Waals surface area contributed by atoms with Crippen molar-refractivity contribution < 1.29 is 14.3 Å². The van der Waals surface area contributed by atoms with Crippen LogP contribution in [0.3, 0.4) is 0 Å². The van der Waals surface area contributed by atoms with E-state index in [1.54, 1.807) is 19.2 Å². The second-order valence-corrected chi connectivity index (χ2v) is 4.04. The number of aliphatic hydroxyl groups is 1. The third-order valence-corrected chi connectivity index (χ3v) is 2.71. The Bertz CT molecular complexity index is 560. The van der Waals surface area contributed by atoms with Crippen LogP contribution in [0.2, 0.25) is 0 Å². The first-order valence-electron chi connectivity index (χ1n) is 5.68. The molecule has 0 bridgehead atoms. The molecule has 0 aliphatic carbocycles. The number of hydrogen-bond donors (Lipinski definition) is 2. The molecule has 4 heteroatoms. The van der Waals surface area contributed by atoms with Crippen LogP contribution in [0.25, 0.3) is 11.3 Å². The Labute approximate surface area is 105 Å². The molecule has 18 heavy (non-hydrogen) atoms. The minimum atomic E-state index is -0.716. The van der Waals surface area contributed by atoms with Gasteiger partial charge in [0.2, 0.25) is 0 Å². The molecule has 0 aliphatic heterocycles. The Morgan fingerprint density at radius 3 is 2.72 bits per heavy atom. The lowest BCUT2D eigenvalue weighted by molar-refractivity contribution is 0.0988. The van der Waals surface area contributed by atoms with Gasteiger partial charge in [0.05, 0.1) is 0 Å². The number of carbonyl (C=O) groups excluding carboxylic acids is 1. The zero-order valence-corrected chi connectivity index (χ0v) is 10.3. The number of ketones is 1. The van der Waals surface area contributed by atoms with Crippen LogP contribution in [-0.4, -0.2) is 17.9 Å². The second-order valence-electron chi connectivity index (χ2n) is 4.04. The lowest BCUT2D eigenvalue weighted by Gasteiger charge is -2.10. The van der Waals surface area contributed by atoms with Crippen LogP contribution in [-0.2, 0) is 0 Å². The van der Waals surface area contributed by atoms with E-state index in [4.69, 9.17) is 4.42 Å². The first-order valence-corrected chi connectivity index (χ1v) is 5.68. The molecule has 1 aromatic heterocycles. The van der Waals surface area contributed by atoms with Crippen molar-refractivity contribution in [1.29, 1.82) is 0 Å². The molecule has 0 radical (unpaired) electrons. The molecule has 1 aromatic carbocycles. The SMILES string of the molecule is CNC(O)c1cccc(-c2ccc(C(C)=O)o2)c1. The van der Waals surface area contributed by atoms with Gasteiger partial charge in [-0.3, -0.25) is 10.1 Å². The highest BCUT2D eigenvalue weighted by Gasteiger charge is 2.10. The van der Waals surface area contributed by atoms with Crippen molar-refractivity contribution in [2.24, 2.45) is 0 Å². The lowest BCUT2D eigenvalue weighted by atomic mass is 10.1. The number of rotatable bonds is 4. The molecule has 94 valence electrons. The predicted molar refractivity (Wildman–Crippen MR) is 68.2 cm³/mol. The smallest absolute Gasteiger partial charge is 0.194 e. The Morgan fingerprint density at radius 1 is 1.33 bits per heavy atom. The van der Waals surface area contributed by atoms with E-state index < -0.39 is 6.23 Å². The van der Waals surface area contributed by atoms with Crippen molar-refractivity contribution >= 4 is 5.78 Å². The number of furan rings is 1. The summed E-state index contributed by atoms with van der Waals surface area (Å²) in [7, 11) is 1.68. The number of benzene rings is 1. The topological polar surface area (TPSA) is 62.5 Å². The summed E-state index contributed by atoms with van der Waals surface area (Å²) < 4.78 is 5.45. The van der Waals surface area contributed by atoms with Crippen molar-refractivity contribution in [3.05, 3.63) is 47.7 Å². The average Bonchev–Trinajstić information content (AvgIpc) is 2.88. The van der Waals surface area contributed by atoms with Gasteiger partial charge in [-0.15, -0.1) is 0 Å². The highest BCUT2D eigenvalue weighted by molar-refractivity contribution is 5.91. The molecule has 0 amide bonds. The van der Waals surface area contributed by atoms with Gasteiger partial charge in [-0.1, -0.05) is 18.2 Å². The molecule has 0 saturated carbocycles. The third kappa shape index (κ3) is 2.50. The standard InChI is InChI=1S/C14H15NO3/c1-9(16)12-6-7-13(18-12)10-4-3-5-11(8-10)14(17)15-2/h3-8,14-15,17H,1-2H3. The molecule has 0 aliphatic rings. The number of aliphatic hydroxyl groups excluding tert-OH is 1. The van der Waals surface area contributed by atoms with Crippen LogP contribution in [0.5, 0.6) is 0 Å². The molecular weight excluding hydrogens is 230 g/mol. The second kappa shape index (κ2) is 5.16. The van der Waals surface area contributed by atoms with Crippen molar-refractivity contribution in [3.8, 4) is 11.3 Å². The quantitative estimate of drug-likeness (QED) is 0.641. The van der Waals surface area contributed by atoms with Gasteiger partial charge in [-0.2, -0.15) is 0 Å². The molecule has 1 unspecified atom stereocenters. The molecule has 1 atom stereocenters. The van der Waals surface area contributed by atoms with E-state index in [1.165, 1.54) is 6.92 Å². The molecule has 0 fully saturated rings. The number of hydrogen-bond acceptors (Lipinski definition) is 4. The van der Waals surface area contributed by atoms with Crippen LogP contribution in [0.1, 0.15) is 29.3 Å². The van der Waals surface area contributed by atoms with Crippen molar-refractivity contribution in [2.75, 3.05) is 7.05 Å². The molecule has 4 nitrogen and oxygen atoms in total. The fraction of sp³-hybridized carbons (Fsp3) is 0.214. The summed E-state index contributed by atoms with van der Waals surface area (Å²) >= 11 is 0. The Hall–Kier alpha value is -1.91. The minimum absolute atomic E-state index is 0.104. The molecule has 2 aromatic rings. The number of carbonyl (C=O) groups is 1. The van der Waals surface area contributed by atoms with Gasteiger partial charge in [-0.25, -0.2) is 0 Å². The van der Waals surface area contributed by atoms with Gasteiger partial charge >= 0.3 is 0 Å². The monoisotopic (exact) mass is 245 g/mol. The van der Waals surface area contributed by atoms with E-state index in [0.717, 1.165) is 11.1 Å². The Morgan fingerprint density at radius 2 is 2.11 bits per heavy atom. The van der Waals surface area contributed by atoms with Crippen molar-refractivity contribution in [1.82, 2.24) is 5.32 Å². The van der Waals surface area contributed by atoms with E-state index in [1.807, 2.05) is 24.3 Å². The van der Waals surface area contributed by atoms with Crippen LogP contribution in [0.4, 0.5) is 0 Å². The summed E-state index contributed by atoms with van der Waals surface area (Å²) in [5, 5.41) is 12.5. The van der Waals surface area contributed by atoms with E-state index in [-0.39, 0.29) is 5.78 Å². The summed E-state index contributed by atoms with van der Waals surface area (Å²) in [6, 6.07) is 10.7. The van der Waals surface area contributed by atoms with Crippen molar-refractivity contribution in [3.63, 3.8) is 0 Å². The van der Waals surface area contributed by atoms with Gasteiger partial charge < -0.3 is 9.52 Å². The summed E-state index contributed by atoms with van der Waals surface area (Å²) in [4.78, 5) is 11.2. The predicted octanol–water partition coefficient (Wildman–Crippen LogP) is 2.36. The number of nitrogens with one attached hydrogen (secondary N) is 1. The summed E-state index contributed by atoms with van der Waals surface area (Å²) in [6.45, 7) is 1.46. The molecular formula is C14H15NO3. The molecule has 0 spiro atoms. The van der Waals surface area contributed by atoms with Crippen LogP contribution < -0.4 is 5.32 Å². The molecule has 2 N–H and O–H groups in total. The molecule has 0 saturated heterocycles. The highest BCUT2D eigenvalue weighted by Crippen LogP contribution is 2.24. The summed E-state index contributed by atoms with van der Waals surface area (Å²) in [5.41, 5.74) is 1.57. The van der Waals surface area contributed by atoms with Gasteiger partial charge in [0, 0.05) is 12.5 Å².